The molecule has 1 heteroatoms. The number of benzene rings is 8. The van der Waals surface area contributed by atoms with Gasteiger partial charge in [-0.3, -0.25) is 0 Å². The molecule has 0 aliphatic rings. The average Bonchev–Trinajstić information content (AvgIpc) is 3.20. The first-order valence-electron chi connectivity index (χ1n) is 16.8. The van der Waals surface area contributed by atoms with Gasteiger partial charge in [0, 0.05) is 17.1 Å². The van der Waals surface area contributed by atoms with Crippen LogP contribution >= 0.6 is 0 Å². The average molecular weight is 626 g/mol. The van der Waals surface area contributed by atoms with Gasteiger partial charge < -0.3 is 4.90 Å². The summed E-state index contributed by atoms with van der Waals surface area (Å²) < 4.78 is 0. The molecule has 0 aromatic heterocycles. The van der Waals surface area contributed by atoms with Gasteiger partial charge in [-0.15, -0.1) is 0 Å². The number of rotatable bonds is 8. The summed E-state index contributed by atoms with van der Waals surface area (Å²) >= 11 is 0. The molecule has 0 N–H and O–H groups in total. The maximum atomic E-state index is 2.36. The second-order valence-electron chi connectivity index (χ2n) is 12.2. The molecule has 49 heavy (non-hydrogen) atoms. The van der Waals surface area contributed by atoms with Gasteiger partial charge in [-0.25, -0.2) is 0 Å². The molecule has 0 radical (unpaired) electrons. The van der Waals surface area contributed by atoms with E-state index >= 15 is 0 Å². The first-order chi connectivity index (χ1) is 24.3. The molecule has 0 saturated heterocycles. The summed E-state index contributed by atoms with van der Waals surface area (Å²) in [5, 5.41) is 0. The molecule has 0 fully saturated rings. The summed E-state index contributed by atoms with van der Waals surface area (Å²) in [6.45, 7) is 0. The minimum Gasteiger partial charge on any atom is -0.310 e. The Kier molecular flexibility index (Phi) is 8.39. The van der Waals surface area contributed by atoms with Gasteiger partial charge in [-0.1, -0.05) is 176 Å². The van der Waals surface area contributed by atoms with Crippen LogP contribution in [0.4, 0.5) is 17.1 Å². The summed E-state index contributed by atoms with van der Waals surface area (Å²) in [4.78, 5) is 2.36. The van der Waals surface area contributed by atoms with E-state index in [-0.39, 0.29) is 0 Å². The van der Waals surface area contributed by atoms with Crippen LogP contribution in [0.25, 0.3) is 55.6 Å². The zero-order chi connectivity index (χ0) is 32.8. The molecule has 232 valence electrons. The molecule has 8 rings (SSSR count). The Labute approximate surface area is 289 Å². The lowest BCUT2D eigenvalue weighted by atomic mass is 9.93. The van der Waals surface area contributed by atoms with Crippen LogP contribution in [0.15, 0.2) is 212 Å². The smallest absolute Gasteiger partial charge is 0.0467 e. The molecule has 0 aliphatic carbocycles. The quantitative estimate of drug-likeness (QED) is 0.162. The van der Waals surface area contributed by atoms with E-state index in [4.69, 9.17) is 0 Å². The van der Waals surface area contributed by atoms with Crippen LogP contribution < -0.4 is 4.90 Å². The van der Waals surface area contributed by atoms with E-state index in [1.165, 1.54) is 55.6 Å². The van der Waals surface area contributed by atoms with E-state index < -0.39 is 0 Å². The normalized spacial score (nSPS) is 10.9. The van der Waals surface area contributed by atoms with E-state index in [1.54, 1.807) is 0 Å². The van der Waals surface area contributed by atoms with Crippen LogP contribution in [0, 0.1) is 0 Å². The molecule has 0 amide bonds. The molecule has 1 nitrogen and oxygen atoms in total. The van der Waals surface area contributed by atoms with Crippen molar-refractivity contribution in [1.82, 2.24) is 0 Å². The maximum Gasteiger partial charge on any atom is 0.0467 e. The van der Waals surface area contributed by atoms with E-state index in [2.05, 4.69) is 217 Å². The summed E-state index contributed by atoms with van der Waals surface area (Å²) in [5.41, 5.74) is 15.4. The van der Waals surface area contributed by atoms with Crippen molar-refractivity contribution in [3.05, 3.63) is 212 Å². The Morgan fingerprint density at radius 1 is 0.204 bits per heavy atom. The molecule has 0 saturated carbocycles. The summed E-state index contributed by atoms with van der Waals surface area (Å²) in [6, 6.07) is 75.9. The van der Waals surface area contributed by atoms with Gasteiger partial charge in [0.15, 0.2) is 0 Å². The molecule has 0 heterocycles. The second-order valence-corrected chi connectivity index (χ2v) is 12.2. The third-order valence-corrected chi connectivity index (χ3v) is 9.09. The van der Waals surface area contributed by atoms with Crippen LogP contribution in [0.2, 0.25) is 0 Å². The van der Waals surface area contributed by atoms with Crippen molar-refractivity contribution >= 4 is 17.1 Å². The molecule has 8 aromatic carbocycles. The standard InChI is InChI=1S/C48H35N/c1-4-14-36(15-5-1)39-26-28-40(29-27-39)47-24-10-11-25-48(47)41-30-32-44(33-31-41)49(45-22-12-20-42(34-45)37-16-6-2-7-17-37)46-23-13-21-43(35-46)38-18-8-3-9-19-38/h1-35H. The molecule has 0 aliphatic heterocycles. The number of anilines is 3. The topological polar surface area (TPSA) is 3.24 Å². The second kappa shape index (κ2) is 13.7. The molecule has 0 atom stereocenters. The highest BCUT2D eigenvalue weighted by atomic mass is 15.1. The summed E-state index contributed by atoms with van der Waals surface area (Å²) in [5.74, 6) is 0. The van der Waals surface area contributed by atoms with Gasteiger partial charge in [-0.2, -0.15) is 0 Å². The van der Waals surface area contributed by atoms with Crippen LogP contribution in [0.5, 0.6) is 0 Å². The van der Waals surface area contributed by atoms with Crippen molar-refractivity contribution in [2.45, 2.75) is 0 Å². The van der Waals surface area contributed by atoms with Crippen molar-refractivity contribution in [3.8, 4) is 55.6 Å². The molecule has 0 bridgehead atoms. The fourth-order valence-corrected chi connectivity index (χ4v) is 6.61. The predicted molar refractivity (Wildman–Crippen MR) is 208 cm³/mol. The minimum atomic E-state index is 1.10. The Bertz CT molecular complexity index is 2210. The molecular weight excluding hydrogens is 591 g/mol. The SMILES string of the molecule is c1ccc(-c2ccc(-c3ccccc3-c3ccc(N(c4cccc(-c5ccccc5)c4)c4cccc(-c5ccccc5)c4)cc3)cc2)cc1. The van der Waals surface area contributed by atoms with Gasteiger partial charge in [0.05, 0.1) is 0 Å². The minimum absolute atomic E-state index is 1.10. The fraction of sp³-hybridized carbons (Fsp3) is 0. The van der Waals surface area contributed by atoms with Gasteiger partial charge in [0.2, 0.25) is 0 Å². The lowest BCUT2D eigenvalue weighted by Gasteiger charge is -2.27. The molecule has 0 spiro atoms. The van der Waals surface area contributed by atoms with Gasteiger partial charge in [0.1, 0.15) is 0 Å². The highest BCUT2D eigenvalue weighted by Crippen LogP contribution is 2.40. The van der Waals surface area contributed by atoms with Crippen molar-refractivity contribution in [3.63, 3.8) is 0 Å². The van der Waals surface area contributed by atoms with E-state index in [1.807, 2.05) is 0 Å². The number of hydrogen-bond acceptors (Lipinski definition) is 1. The van der Waals surface area contributed by atoms with E-state index in [0.717, 1.165) is 17.1 Å². The van der Waals surface area contributed by atoms with Crippen molar-refractivity contribution < 1.29 is 0 Å². The Morgan fingerprint density at radius 2 is 0.531 bits per heavy atom. The van der Waals surface area contributed by atoms with Crippen molar-refractivity contribution in [2.24, 2.45) is 0 Å². The highest BCUT2D eigenvalue weighted by molar-refractivity contribution is 5.87. The first-order valence-corrected chi connectivity index (χ1v) is 16.8. The van der Waals surface area contributed by atoms with Crippen LogP contribution in [-0.2, 0) is 0 Å². The van der Waals surface area contributed by atoms with Gasteiger partial charge in [-0.05, 0) is 92.0 Å². The summed E-state index contributed by atoms with van der Waals surface area (Å²) in [7, 11) is 0. The van der Waals surface area contributed by atoms with Gasteiger partial charge >= 0.3 is 0 Å². The highest BCUT2D eigenvalue weighted by Gasteiger charge is 2.16. The van der Waals surface area contributed by atoms with E-state index in [0.29, 0.717) is 0 Å². The molecule has 0 unspecified atom stereocenters. The van der Waals surface area contributed by atoms with Gasteiger partial charge in [0.25, 0.3) is 0 Å². The first kappa shape index (κ1) is 29.9. The number of hydrogen-bond donors (Lipinski definition) is 0. The lowest BCUT2D eigenvalue weighted by molar-refractivity contribution is 1.28. The molecular formula is C48H35N. The zero-order valence-electron chi connectivity index (χ0n) is 27.2. The Hall–Kier alpha value is -6.44. The Morgan fingerprint density at radius 3 is 0.980 bits per heavy atom. The van der Waals surface area contributed by atoms with Crippen LogP contribution in [0.3, 0.4) is 0 Å². The van der Waals surface area contributed by atoms with Crippen LogP contribution in [0.1, 0.15) is 0 Å². The maximum absolute atomic E-state index is 2.36. The number of nitrogens with zero attached hydrogens (tertiary/aromatic N) is 1. The largest absolute Gasteiger partial charge is 0.310 e. The van der Waals surface area contributed by atoms with E-state index in [9.17, 15) is 0 Å². The van der Waals surface area contributed by atoms with Crippen molar-refractivity contribution in [2.75, 3.05) is 4.90 Å². The van der Waals surface area contributed by atoms with Crippen LogP contribution in [-0.4, -0.2) is 0 Å². The monoisotopic (exact) mass is 625 g/mol. The third kappa shape index (κ3) is 6.43. The Balaban J connectivity index is 1.18. The third-order valence-electron chi connectivity index (χ3n) is 9.09. The zero-order valence-corrected chi connectivity index (χ0v) is 27.2. The lowest BCUT2D eigenvalue weighted by Crippen LogP contribution is -2.10. The van der Waals surface area contributed by atoms with Crippen molar-refractivity contribution in [1.29, 1.82) is 0 Å². The predicted octanol–water partition coefficient (Wildman–Crippen LogP) is 13.5. The fourth-order valence-electron chi connectivity index (χ4n) is 6.61. The summed E-state index contributed by atoms with van der Waals surface area (Å²) in [6.07, 6.45) is 0. The molecule has 8 aromatic rings.